The summed E-state index contributed by atoms with van der Waals surface area (Å²) in [4.78, 5) is 6.67. The predicted molar refractivity (Wildman–Crippen MR) is 82.9 cm³/mol. The molecule has 2 heterocycles. The lowest BCUT2D eigenvalue weighted by Gasteiger charge is -2.30. The van der Waals surface area contributed by atoms with Gasteiger partial charge in [0, 0.05) is 30.7 Å². The van der Waals surface area contributed by atoms with Gasteiger partial charge in [-0.2, -0.15) is 4.98 Å². The molecule has 1 atom stereocenters. The summed E-state index contributed by atoms with van der Waals surface area (Å²) in [5.74, 6) is 1.24. The van der Waals surface area contributed by atoms with Crippen LogP contribution < -0.4 is 5.32 Å². The van der Waals surface area contributed by atoms with Gasteiger partial charge >= 0.3 is 0 Å². The molecule has 1 aromatic carbocycles. The smallest absolute Gasteiger partial charge is 0.250 e. The van der Waals surface area contributed by atoms with Gasteiger partial charge in [0.1, 0.15) is 0 Å². The van der Waals surface area contributed by atoms with Crippen molar-refractivity contribution in [3.05, 3.63) is 46.6 Å². The second kappa shape index (κ2) is 6.39. The standard InChI is InChI=1S/C15H17ClN4O/c1-20-9-8-17-10-13(20)15-18-14(21-19-15)7-4-11-2-5-12(16)6-3-11/h2-7,13,17H,8-10H2,1H3/b7-4+. The Morgan fingerprint density at radius 3 is 2.90 bits per heavy atom. The molecule has 0 spiro atoms. The number of hydrogen-bond acceptors (Lipinski definition) is 5. The van der Waals surface area contributed by atoms with E-state index >= 15 is 0 Å². The first-order chi connectivity index (χ1) is 10.2. The summed E-state index contributed by atoms with van der Waals surface area (Å²) in [6.45, 7) is 2.82. The number of hydrogen-bond donors (Lipinski definition) is 1. The summed E-state index contributed by atoms with van der Waals surface area (Å²) < 4.78 is 5.28. The molecule has 110 valence electrons. The van der Waals surface area contributed by atoms with Crippen molar-refractivity contribution in [2.45, 2.75) is 6.04 Å². The number of piperazine rings is 1. The molecule has 0 amide bonds. The van der Waals surface area contributed by atoms with E-state index in [0.29, 0.717) is 5.89 Å². The van der Waals surface area contributed by atoms with Crippen LogP contribution >= 0.6 is 11.6 Å². The molecule has 0 bridgehead atoms. The molecule has 0 aliphatic carbocycles. The zero-order valence-corrected chi connectivity index (χ0v) is 12.5. The Bertz CT molecular complexity index is 623. The third kappa shape index (κ3) is 3.50. The minimum atomic E-state index is 0.167. The molecule has 3 rings (SSSR count). The minimum Gasteiger partial charge on any atom is -0.335 e. The highest BCUT2D eigenvalue weighted by atomic mass is 35.5. The fourth-order valence-electron chi connectivity index (χ4n) is 2.29. The number of nitrogens with zero attached hydrogens (tertiary/aromatic N) is 3. The van der Waals surface area contributed by atoms with E-state index in [9.17, 15) is 0 Å². The molecule has 1 fully saturated rings. The van der Waals surface area contributed by atoms with Gasteiger partial charge in [0.05, 0.1) is 6.04 Å². The van der Waals surface area contributed by atoms with Crippen LogP contribution in [0, 0.1) is 0 Å². The summed E-state index contributed by atoms with van der Waals surface area (Å²) >= 11 is 5.86. The molecule has 1 N–H and O–H groups in total. The zero-order valence-electron chi connectivity index (χ0n) is 11.8. The van der Waals surface area contributed by atoms with E-state index in [-0.39, 0.29) is 6.04 Å². The van der Waals surface area contributed by atoms with E-state index in [0.717, 1.165) is 36.0 Å². The maximum atomic E-state index is 5.86. The van der Waals surface area contributed by atoms with Crippen molar-refractivity contribution < 1.29 is 4.52 Å². The van der Waals surface area contributed by atoms with Crippen molar-refractivity contribution in [2.75, 3.05) is 26.7 Å². The minimum absolute atomic E-state index is 0.167. The van der Waals surface area contributed by atoms with Crippen molar-refractivity contribution in [3.63, 3.8) is 0 Å². The highest BCUT2D eigenvalue weighted by molar-refractivity contribution is 6.30. The van der Waals surface area contributed by atoms with Crippen molar-refractivity contribution in [3.8, 4) is 0 Å². The van der Waals surface area contributed by atoms with Gasteiger partial charge in [-0.3, -0.25) is 4.90 Å². The van der Waals surface area contributed by atoms with Crippen molar-refractivity contribution >= 4 is 23.8 Å². The zero-order chi connectivity index (χ0) is 14.7. The number of halogens is 1. The molecule has 5 nitrogen and oxygen atoms in total. The van der Waals surface area contributed by atoms with E-state index < -0.39 is 0 Å². The lowest BCUT2D eigenvalue weighted by molar-refractivity contribution is 0.190. The van der Waals surface area contributed by atoms with Gasteiger partial charge in [0.15, 0.2) is 5.82 Å². The number of aromatic nitrogens is 2. The Balaban J connectivity index is 1.71. The van der Waals surface area contributed by atoms with Crippen molar-refractivity contribution in [2.24, 2.45) is 0 Å². The molecule has 1 aliphatic rings. The molecular formula is C15H17ClN4O. The Morgan fingerprint density at radius 2 is 2.14 bits per heavy atom. The molecule has 0 saturated carbocycles. The number of rotatable bonds is 3. The molecule has 21 heavy (non-hydrogen) atoms. The summed E-state index contributed by atoms with van der Waals surface area (Å²) in [6.07, 6.45) is 3.74. The molecule has 1 saturated heterocycles. The van der Waals surface area contributed by atoms with Gasteiger partial charge in [-0.25, -0.2) is 0 Å². The monoisotopic (exact) mass is 304 g/mol. The predicted octanol–water partition coefficient (Wildman–Crippen LogP) is 2.47. The summed E-state index contributed by atoms with van der Waals surface area (Å²) in [5.41, 5.74) is 1.04. The highest BCUT2D eigenvalue weighted by Gasteiger charge is 2.24. The van der Waals surface area contributed by atoms with Crippen LogP contribution in [0.5, 0.6) is 0 Å². The van der Waals surface area contributed by atoms with Crippen LogP contribution in [0.15, 0.2) is 28.8 Å². The second-order valence-corrected chi connectivity index (χ2v) is 5.51. The van der Waals surface area contributed by atoms with Gasteiger partial charge in [0.2, 0.25) is 0 Å². The first-order valence-corrected chi connectivity index (χ1v) is 7.28. The van der Waals surface area contributed by atoms with E-state index in [2.05, 4.69) is 27.4 Å². The van der Waals surface area contributed by atoms with Gasteiger partial charge < -0.3 is 9.84 Å². The fourth-order valence-corrected chi connectivity index (χ4v) is 2.41. The van der Waals surface area contributed by atoms with Crippen LogP contribution in [0.2, 0.25) is 5.02 Å². The Hall–Kier alpha value is -1.69. The lowest BCUT2D eigenvalue weighted by Crippen LogP contribution is -2.44. The average Bonchev–Trinajstić information content (AvgIpc) is 2.96. The van der Waals surface area contributed by atoms with Gasteiger partial charge in [-0.15, -0.1) is 0 Å². The molecule has 1 aromatic heterocycles. The fraction of sp³-hybridized carbons (Fsp3) is 0.333. The molecule has 1 aliphatic heterocycles. The maximum Gasteiger partial charge on any atom is 0.250 e. The quantitative estimate of drug-likeness (QED) is 0.944. The van der Waals surface area contributed by atoms with Gasteiger partial charge in [0.25, 0.3) is 5.89 Å². The molecular weight excluding hydrogens is 288 g/mol. The van der Waals surface area contributed by atoms with Crippen LogP contribution in [0.4, 0.5) is 0 Å². The normalized spacial score (nSPS) is 20.2. The third-order valence-corrected chi connectivity index (χ3v) is 3.81. The Labute approximate surface area is 128 Å². The third-order valence-electron chi connectivity index (χ3n) is 3.55. The van der Waals surface area contributed by atoms with Crippen molar-refractivity contribution in [1.82, 2.24) is 20.4 Å². The number of likely N-dealkylation sites (N-methyl/N-ethyl adjacent to an activating group) is 1. The van der Waals surface area contributed by atoms with Crippen LogP contribution in [-0.2, 0) is 0 Å². The van der Waals surface area contributed by atoms with Crippen LogP contribution in [0.25, 0.3) is 12.2 Å². The Morgan fingerprint density at radius 1 is 1.33 bits per heavy atom. The molecule has 2 aromatic rings. The summed E-state index contributed by atoms with van der Waals surface area (Å²) in [6, 6.07) is 7.75. The maximum absolute atomic E-state index is 5.86. The molecule has 0 radical (unpaired) electrons. The lowest BCUT2D eigenvalue weighted by atomic mass is 10.2. The SMILES string of the molecule is CN1CCNCC1c1noc(/C=C/c2ccc(Cl)cc2)n1. The van der Waals surface area contributed by atoms with E-state index in [1.54, 1.807) is 0 Å². The molecule has 1 unspecified atom stereocenters. The first-order valence-electron chi connectivity index (χ1n) is 6.90. The van der Waals surface area contributed by atoms with E-state index in [4.69, 9.17) is 16.1 Å². The summed E-state index contributed by atoms with van der Waals surface area (Å²) in [7, 11) is 2.07. The van der Waals surface area contributed by atoms with E-state index in [1.807, 2.05) is 36.4 Å². The second-order valence-electron chi connectivity index (χ2n) is 5.08. The first kappa shape index (κ1) is 14.3. The van der Waals surface area contributed by atoms with Crippen LogP contribution in [0.1, 0.15) is 23.3 Å². The molecule has 6 heteroatoms. The van der Waals surface area contributed by atoms with Gasteiger partial charge in [-0.1, -0.05) is 28.9 Å². The Kier molecular flexibility index (Phi) is 4.34. The van der Waals surface area contributed by atoms with E-state index in [1.165, 1.54) is 0 Å². The topological polar surface area (TPSA) is 54.2 Å². The average molecular weight is 305 g/mol. The summed E-state index contributed by atoms with van der Waals surface area (Å²) in [5, 5.41) is 8.14. The number of nitrogens with one attached hydrogen (secondary N) is 1. The van der Waals surface area contributed by atoms with Crippen LogP contribution in [-0.4, -0.2) is 41.7 Å². The highest BCUT2D eigenvalue weighted by Crippen LogP contribution is 2.18. The van der Waals surface area contributed by atoms with Crippen molar-refractivity contribution in [1.29, 1.82) is 0 Å². The number of benzene rings is 1. The largest absolute Gasteiger partial charge is 0.335 e. The van der Waals surface area contributed by atoms with Crippen LogP contribution in [0.3, 0.4) is 0 Å². The van der Waals surface area contributed by atoms with Gasteiger partial charge in [-0.05, 0) is 30.8 Å².